The van der Waals surface area contributed by atoms with Gasteiger partial charge in [-0.1, -0.05) is 55.8 Å². The molecule has 3 heteroatoms. The summed E-state index contributed by atoms with van der Waals surface area (Å²) in [4.78, 5) is 0. The van der Waals surface area contributed by atoms with E-state index in [1.807, 2.05) is 6.92 Å². The minimum absolute atomic E-state index is 0.788. The van der Waals surface area contributed by atoms with Crippen molar-refractivity contribution in [3.63, 3.8) is 0 Å². The molecular formula is C18H25O2Si. The molecule has 113 valence electrons. The Morgan fingerprint density at radius 2 is 1.76 bits per heavy atom. The normalized spacial score (nSPS) is 11.4. The zero-order valence-corrected chi connectivity index (χ0v) is 14.1. The third-order valence-corrected chi connectivity index (χ3v) is 6.02. The van der Waals surface area contributed by atoms with Crippen molar-refractivity contribution in [2.45, 2.75) is 32.7 Å². The third kappa shape index (κ3) is 4.66. The molecule has 0 aliphatic rings. The first-order chi connectivity index (χ1) is 10.4. The number of hydrogen-bond acceptors (Lipinski definition) is 2. The summed E-state index contributed by atoms with van der Waals surface area (Å²) in [5, 5.41) is 4.08. The first-order valence-corrected chi connectivity index (χ1v) is 9.52. The summed E-state index contributed by atoms with van der Waals surface area (Å²) >= 11 is 0. The van der Waals surface area contributed by atoms with Crippen LogP contribution in [0.25, 0.3) is 10.8 Å². The van der Waals surface area contributed by atoms with Gasteiger partial charge in [-0.3, -0.25) is 0 Å². The van der Waals surface area contributed by atoms with Gasteiger partial charge in [0.1, 0.15) is 0 Å². The highest BCUT2D eigenvalue weighted by Crippen LogP contribution is 2.14. The second kappa shape index (κ2) is 8.98. The van der Waals surface area contributed by atoms with Crippen LogP contribution in [0.15, 0.2) is 42.5 Å². The molecule has 0 heterocycles. The van der Waals surface area contributed by atoms with E-state index in [1.54, 1.807) is 0 Å². The van der Waals surface area contributed by atoms with Crippen LogP contribution in [0.5, 0.6) is 0 Å². The van der Waals surface area contributed by atoms with E-state index in [-0.39, 0.29) is 0 Å². The highest BCUT2D eigenvalue weighted by molar-refractivity contribution is 6.70. The molecule has 0 saturated heterocycles. The molecule has 0 unspecified atom stereocenters. The average Bonchev–Trinajstić information content (AvgIpc) is 2.53. The Morgan fingerprint density at radius 1 is 0.952 bits per heavy atom. The van der Waals surface area contributed by atoms with Crippen LogP contribution >= 0.6 is 0 Å². The third-order valence-electron chi connectivity index (χ3n) is 3.48. The molecular weight excluding hydrogens is 276 g/mol. The van der Waals surface area contributed by atoms with Crippen LogP contribution in [0.4, 0.5) is 0 Å². The topological polar surface area (TPSA) is 18.5 Å². The van der Waals surface area contributed by atoms with E-state index in [9.17, 15) is 0 Å². The van der Waals surface area contributed by atoms with E-state index in [1.165, 1.54) is 22.4 Å². The van der Waals surface area contributed by atoms with Gasteiger partial charge in [-0.05, 0) is 35.3 Å². The zero-order valence-electron chi connectivity index (χ0n) is 13.1. The molecule has 21 heavy (non-hydrogen) atoms. The molecule has 0 bridgehead atoms. The van der Waals surface area contributed by atoms with E-state index in [0.717, 1.165) is 32.3 Å². The zero-order chi connectivity index (χ0) is 14.9. The highest BCUT2D eigenvalue weighted by Gasteiger charge is 2.17. The Bertz CT molecular complexity index is 536. The van der Waals surface area contributed by atoms with Crippen LogP contribution in [0.1, 0.15) is 26.7 Å². The van der Waals surface area contributed by atoms with Crippen LogP contribution in [0, 0.1) is 0 Å². The average molecular weight is 301 g/mol. The first kappa shape index (κ1) is 16.2. The lowest BCUT2D eigenvalue weighted by Gasteiger charge is -2.17. The van der Waals surface area contributed by atoms with Gasteiger partial charge in [-0.25, -0.2) is 0 Å². The van der Waals surface area contributed by atoms with Crippen molar-refractivity contribution in [2.24, 2.45) is 0 Å². The molecule has 2 nitrogen and oxygen atoms in total. The second-order valence-electron chi connectivity index (χ2n) is 5.10. The van der Waals surface area contributed by atoms with Crippen molar-refractivity contribution in [3.8, 4) is 0 Å². The summed E-state index contributed by atoms with van der Waals surface area (Å²) in [7, 11) is -0.941. The molecule has 2 aromatic carbocycles. The molecule has 0 saturated carbocycles. The van der Waals surface area contributed by atoms with Gasteiger partial charge >= 0.3 is 0 Å². The minimum atomic E-state index is -0.941. The fourth-order valence-electron chi connectivity index (χ4n) is 2.48. The Labute approximate surface area is 129 Å². The van der Waals surface area contributed by atoms with Crippen LogP contribution < -0.4 is 5.19 Å². The lowest BCUT2D eigenvalue weighted by Crippen LogP contribution is -2.34. The predicted molar refractivity (Wildman–Crippen MR) is 91.5 cm³/mol. The van der Waals surface area contributed by atoms with Gasteiger partial charge in [-0.2, -0.15) is 0 Å². The molecule has 0 N–H and O–H groups in total. The largest absolute Gasteiger partial charge is 0.412 e. The van der Waals surface area contributed by atoms with Gasteiger partial charge in [0.05, 0.1) is 0 Å². The van der Waals surface area contributed by atoms with Gasteiger partial charge in [-0.15, -0.1) is 0 Å². The lowest BCUT2D eigenvalue weighted by atomic mass is 10.1. The highest BCUT2D eigenvalue weighted by atomic mass is 28.3. The molecule has 0 aliphatic heterocycles. The van der Waals surface area contributed by atoms with Crippen molar-refractivity contribution in [1.82, 2.24) is 0 Å². The number of hydrogen-bond donors (Lipinski definition) is 0. The molecule has 2 aromatic rings. The summed E-state index contributed by atoms with van der Waals surface area (Å²) in [6.07, 6.45) is 2.15. The number of rotatable bonds is 9. The molecule has 0 aromatic heterocycles. The van der Waals surface area contributed by atoms with E-state index in [2.05, 4.69) is 49.4 Å². The Balaban J connectivity index is 2.08. The van der Waals surface area contributed by atoms with Crippen molar-refractivity contribution in [2.75, 3.05) is 19.8 Å². The Hall–Kier alpha value is -1.16. The molecule has 2 rings (SSSR count). The van der Waals surface area contributed by atoms with E-state index in [0.29, 0.717) is 0 Å². The maximum Gasteiger partial charge on any atom is 0.247 e. The monoisotopic (exact) mass is 301 g/mol. The fraction of sp³-hybridized carbons (Fsp3) is 0.444. The van der Waals surface area contributed by atoms with E-state index in [4.69, 9.17) is 9.16 Å². The van der Waals surface area contributed by atoms with Crippen molar-refractivity contribution in [1.29, 1.82) is 0 Å². The maximum absolute atomic E-state index is 6.25. The van der Waals surface area contributed by atoms with Crippen molar-refractivity contribution in [3.05, 3.63) is 42.5 Å². The van der Waals surface area contributed by atoms with Gasteiger partial charge in [0, 0.05) is 19.8 Å². The smallest absolute Gasteiger partial charge is 0.247 e. The summed E-state index contributed by atoms with van der Waals surface area (Å²) in [5.41, 5.74) is 0. The molecule has 1 radical (unpaired) electrons. The number of fused-ring (bicyclic) bond motifs is 1. The summed E-state index contributed by atoms with van der Waals surface area (Å²) in [6.45, 7) is 6.66. The fourth-order valence-corrected chi connectivity index (χ4v) is 4.71. The SMILES string of the molecule is CCC[Si](OCCCOCC)c1cccc2ccccc12. The molecule has 0 spiro atoms. The maximum atomic E-state index is 6.25. The van der Waals surface area contributed by atoms with Gasteiger partial charge < -0.3 is 9.16 Å². The summed E-state index contributed by atoms with van der Waals surface area (Å²) < 4.78 is 11.6. The minimum Gasteiger partial charge on any atom is -0.412 e. The number of benzene rings is 2. The van der Waals surface area contributed by atoms with E-state index < -0.39 is 9.04 Å². The predicted octanol–water partition coefficient (Wildman–Crippen LogP) is 3.89. The van der Waals surface area contributed by atoms with Crippen LogP contribution in [-0.2, 0) is 9.16 Å². The summed E-state index contributed by atoms with van der Waals surface area (Å²) in [6, 6.07) is 16.4. The number of ether oxygens (including phenoxy) is 1. The van der Waals surface area contributed by atoms with Gasteiger partial charge in [0.15, 0.2) is 0 Å². The van der Waals surface area contributed by atoms with Crippen molar-refractivity contribution < 1.29 is 9.16 Å². The molecule has 0 atom stereocenters. The quantitative estimate of drug-likeness (QED) is 0.517. The molecule has 0 aliphatic carbocycles. The van der Waals surface area contributed by atoms with Crippen molar-refractivity contribution >= 4 is 25.0 Å². The molecule has 0 amide bonds. The van der Waals surface area contributed by atoms with Crippen LogP contribution in [0.3, 0.4) is 0 Å². The van der Waals surface area contributed by atoms with Crippen LogP contribution in [0.2, 0.25) is 6.04 Å². The van der Waals surface area contributed by atoms with Gasteiger partial charge in [0.25, 0.3) is 0 Å². The molecule has 0 fully saturated rings. The second-order valence-corrected chi connectivity index (χ2v) is 7.27. The summed E-state index contributed by atoms with van der Waals surface area (Å²) in [5.74, 6) is 0. The van der Waals surface area contributed by atoms with E-state index >= 15 is 0 Å². The Morgan fingerprint density at radius 3 is 2.57 bits per heavy atom. The van der Waals surface area contributed by atoms with Crippen LogP contribution in [-0.4, -0.2) is 28.9 Å². The standard InChI is InChI=1S/C18H25O2Si/c1-3-15-21(20-14-8-13-19-4-2)18-12-7-10-16-9-5-6-11-17(16)18/h5-7,9-12H,3-4,8,13-15H2,1-2H3. The first-order valence-electron chi connectivity index (χ1n) is 7.91. The Kier molecular flexibility index (Phi) is 6.93. The van der Waals surface area contributed by atoms with Gasteiger partial charge in [0.2, 0.25) is 9.04 Å². The lowest BCUT2D eigenvalue weighted by molar-refractivity contribution is 0.131.